The number of nitrogens with zero attached hydrogens (tertiary/aromatic N) is 4. The summed E-state index contributed by atoms with van der Waals surface area (Å²) in [6.07, 6.45) is 3.49. The summed E-state index contributed by atoms with van der Waals surface area (Å²) in [5.74, 6) is 0.575. The molecule has 0 fully saturated rings. The fourth-order valence-electron chi connectivity index (χ4n) is 0.961. The fourth-order valence-corrected chi connectivity index (χ4v) is 0.961. The average Bonchev–Trinajstić information content (AvgIpc) is 2.56. The van der Waals surface area contributed by atoms with Gasteiger partial charge < -0.3 is 0 Å². The van der Waals surface area contributed by atoms with Crippen LogP contribution in [0.25, 0.3) is 11.4 Å². The number of aromatic amines is 1. The number of tetrazole rings is 1. The third-order valence-electron chi connectivity index (χ3n) is 1.48. The molecule has 0 atom stereocenters. The summed E-state index contributed by atoms with van der Waals surface area (Å²) < 4.78 is 0. The Morgan fingerprint density at radius 2 is 2.25 bits per heavy atom. The van der Waals surface area contributed by atoms with Crippen molar-refractivity contribution in [3.8, 4) is 11.4 Å². The van der Waals surface area contributed by atoms with Crippen LogP contribution in [0, 0.1) is 6.92 Å². The first kappa shape index (κ1) is 6.90. The number of hydrogen-bond acceptors (Lipinski definition) is 4. The Balaban J connectivity index is 2.48. The quantitative estimate of drug-likeness (QED) is 0.663. The molecule has 0 spiro atoms. The van der Waals surface area contributed by atoms with Crippen LogP contribution < -0.4 is 0 Å². The fraction of sp³-hybridized carbons (Fsp3) is 0.143. The van der Waals surface area contributed by atoms with Gasteiger partial charge in [0.15, 0.2) is 0 Å². The highest BCUT2D eigenvalue weighted by Crippen LogP contribution is 2.11. The molecule has 0 aromatic carbocycles. The van der Waals surface area contributed by atoms with Gasteiger partial charge in [0.05, 0.1) is 0 Å². The number of hydrogen-bond donors (Lipinski definition) is 1. The van der Waals surface area contributed by atoms with E-state index in [0.717, 1.165) is 11.1 Å². The van der Waals surface area contributed by atoms with Crippen LogP contribution in [-0.4, -0.2) is 25.6 Å². The maximum absolute atomic E-state index is 4.02. The molecule has 5 nitrogen and oxygen atoms in total. The zero-order chi connectivity index (χ0) is 8.39. The third-order valence-corrected chi connectivity index (χ3v) is 1.48. The van der Waals surface area contributed by atoms with Gasteiger partial charge in [0.25, 0.3) is 0 Å². The smallest absolute Gasteiger partial charge is 0.206 e. The first-order valence-electron chi connectivity index (χ1n) is 3.52. The molecule has 0 aliphatic heterocycles. The molecule has 5 heteroatoms. The zero-order valence-electron chi connectivity index (χ0n) is 6.52. The lowest BCUT2D eigenvalue weighted by atomic mass is 10.2. The van der Waals surface area contributed by atoms with Crippen LogP contribution in [0.5, 0.6) is 0 Å². The lowest BCUT2D eigenvalue weighted by molar-refractivity contribution is 0.881. The second kappa shape index (κ2) is 2.69. The molecule has 2 heterocycles. The predicted molar refractivity (Wildman–Crippen MR) is 42.1 cm³/mol. The molecule has 12 heavy (non-hydrogen) atoms. The standard InChI is InChI=1S/C7H7N5/c1-5-2-6(4-8-3-5)7-9-11-12-10-7/h2-4H,1H3,(H,9,10,11,12). The molecule has 1 N–H and O–H groups in total. The molecule has 2 aromatic rings. The van der Waals surface area contributed by atoms with Crippen molar-refractivity contribution in [2.75, 3.05) is 0 Å². The highest BCUT2D eigenvalue weighted by Gasteiger charge is 2.01. The van der Waals surface area contributed by atoms with Crippen molar-refractivity contribution >= 4 is 0 Å². The van der Waals surface area contributed by atoms with Gasteiger partial charge >= 0.3 is 0 Å². The van der Waals surface area contributed by atoms with E-state index in [1.54, 1.807) is 12.4 Å². The van der Waals surface area contributed by atoms with E-state index in [1.165, 1.54) is 0 Å². The van der Waals surface area contributed by atoms with Crippen LogP contribution in [0.15, 0.2) is 18.5 Å². The van der Waals surface area contributed by atoms with E-state index in [4.69, 9.17) is 0 Å². The highest BCUT2D eigenvalue weighted by atomic mass is 15.5. The van der Waals surface area contributed by atoms with Crippen molar-refractivity contribution in [3.05, 3.63) is 24.0 Å². The average molecular weight is 161 g/mol. The Labute approximate surface area is 68.8 Å². The van der Waals surface area contributed by atoms with Crippen LogP contribution in [0.2, 0.25) is 0 Å². The number of nitrogens with one attached hydrogen (secondary N) is 1. The van der Waals surface area contributed by atoms with Gasteiger partial charge in [-0.25, -0.2) is 0 Å². The molecule has 0 radical (unpaired) electrons. The number of rotatable bonds is 1. The van der Waals surface area contributed by atoms with E-state index in [9.17, 15) is 0 Å². The molecule has 0 aliphatic carbocycles. The minimum atomic E-state index is 0.575. The molecular weight excluding hydrogens is 154 g/mol. The largest absolute Gasteiger partial charge is 0.264 e. The number of aromatic nitrogens is 5. The molecule has 0 saturated carbocycles. The van der Waals surface area contributed by atoms with Gasteiger partial charge in [0, 0.05) is 18.0 Å². The van der Waals surface area contributed by atoms with Gasteiger partial charge in [-0.2, -0.15) is 5.21 Å². The second-order valence-electron chi connectivity index (χ2n) is 2.49. The maximum Gasteiger partial charge on any atom is 0.206 e. The summed E-state index contributed by atoms with van der Waals surface area (Å²) in [5.41, 5.74) is 1.96. The van der Waals surface area contributed by atoms with E-state index in [2.05, 4.69) is 25.6 Å². The van der Waals surface area contributed by atoms with Crippen molar-refractivity contribution < 1.29 is 0 Å². The van der Waals surface area contributed by atoms with Gasteiger partial charge in [0.2, 0.25) is 5.82 Å². The molecule has 0 amide bonds. The van der Waals surface area contributed by atoms with Crippen molar-refractivity contribution in [1.29, 1.82) is 0 Å². The minimum Gasteiger partial charge on any atom is -0.264 e. The molecule has 2 aromatic heterocycles. The van der Waals surface area contributed by atoms with Gasteiger partial charge in [-0.15, -0.1) is 10.2 Å². The van der Waals surface area contributed by atoms with E-state index in [0.29, 0.717) is 5.82 Å². The Hall–Kier alpha value is -1.78. The molecule has 0 saturated heterocycles. The highest BCUT2D eigenvalue weighted by molar-refractivity contribution is 5.52. The van der Waals surface area contributed by atoms with Gasteiger partial charge in [-0.1, -0.05) is 0 Å². The van der Waals surface area contributed by atoms with Crippen molar-refractivity contribution in [1.82, 2.24) is 25.6 Å². The van der Waals surface area contributed by atoms with E-state index in [1.807, 2.05) is 13.0 Å². The summed E-state index contributed by atoms with van der Waals surface area (Å²) in [6.45, 7) is 1.97. The van der Waals surface area contributed by atoms with E-state index >= 15 is 0 Å². The van der Waals surface area contributed by atoms with Crippen LogP contribution >= 0.6 is 0 Å². The van der Waals surface area contributed by atoms with E-state index in [-0.39, 0.29) is 0 Å². The Morgan fingerprint density at radius 3 is 2.92 bits per heavy atom. The predicted octanol–water partition coefficient (Wildman–Crippen LogP) is 0.570. The van der Waals surface area contributed by atoms with Crippen molar-refractivity contribution in [2.24, 2.45) is 0 Å². The number of H-pyrrole nitrogens is 1. The molecular formula is C7H7N5. The maximum atomic E-state index is 4.02. The van der Waals surface area contributed by atoms with Crippen LogP contribution in [0.1, 0.15) is 5.56 Å². The normalized spacial score (nSPS) is 10.1. The SMILES string of the molecule is Cc1cncc(-c2nn[nH]n2)c1. The Kier molecular flexibility index (Phi) is 1.55. The number of aryl methyl sites for hydroxylation is 1. The van der Waals surface area contributed by atoms with Gasteiger partial charge in [-0.3, -0.25) is 4.98 Å². The van der Waals surface area contributed by atoms with E-state index < -0.39 is 0 Å². The minimum absolute atomic E-state index is 0.575. The topological polar surface area (TPSA) is 67.3 Å². The van der Waals surface area contributed by atoms with Crippen LogP contribution in [0.3, 0.4) is 0 Å². The Morgan fingerprint density at radius 1 is 1.33 bits per heavy atom. The van der Waals surface area contributed by atoms with Crippen molar-refractivity contribution in [2.45, 2.75) is 6.92 Å². The molecule has 0 bridgehead atoms. The molecule has 2 rings (SSSR count). The van der Waals surface area contributed by atoms with Crippen LogP contribution in [0.4, 0.5) is 0 Å². The summed E-state index contributed by atoms with van der Waals surface area (Å²) in [4.78, 5) is 4.02. The molecule has 0 unspecified atom stereocenters. The van der Waals surface area contributed by atoms with Crippen molar-refractivity contribution in [3.63, 3.8) is 0 Å². The summed E-state index contributed by atoms with van der Waals surface area (Å²) >= 11 is 0. The second-order valence-corrected chi connectivity index (χ2v) is 2.49. The van der Waals surface area contributed by atoms with Gasteiger partial charge in [0.1, 0.15) is 0 Å². The summed E-state index contributed by atoms with van der Waals surface area (Å²) in [6, 6.07) is 1.96. The zero-order valence-corrected chi connectivity index (χ0v) is 6.52. The summed E-state index contributed by atoms with van der Waals surface area (Å²) in [7, 11) is 0. The lowest BCUT2D eigenvalue weighted by Gasteiger charge is -1.93. The summed E-state index contributed by atoms with van der Waals surface area (Å²) in [5, 5.41) is 13.5. The van der Waals surface area contributed by atoms with Gasteiger partial charge in [-0.05, 0) is 23.8 Å². The molecule has 60 valence electrons. The monoisotopic (exact) mass is 161 g/mol. The third kappa shape index (κ3) is 1.16. The first-order valence-corrected chi connectivity index (χ1v) is 3.52. The number of pyridine rings is 1. The Bertz CT molecular complexity index is 367. The lowest BCUT2D eigenvalue weighted by Crippen LogP contribution is -1.84. The van der Waals surface area contributed by atoms with Crippen LogP contribution in [-0.2, 0) is 0 Å². The molecule has 0 aliphatic rings. The first-order chi connectivity index (χ1) is 5.86.